The molecule has 24 nitrogen and oxygen atoms in total. The molecule has 0 bridgehead atoms. The Hall–Kier alpha value is -10.5. The first-order valence-electron chi connectivity index (χ1n) is 35.0. The largest absolute Gasteiger partial charge is 0.481 e. The molecule has 47 heteroatoms. The Bertz CT molecular complexity index is 5010. The van der Waals surface area contributed by atoms with E-state index in [9.17, 15) is 91.7 Å². The van der Waals surface area contributed by atoms with Gasteiger partial charge in [-0.15, -0.1) is 40.8 Å². The molecule has 4 aromatic carbocycles. The summed E-state index contributed by atoms with van der Waals surface area (Å²) in [5.74, 6) is -2.57. The molecule has 0 spiro atoms. The molecule has 0 saturated heterocycles. The van der Waals surface area contributed by atoms with Gasteiger partial charge in [0, 0.05) is 72.1 Å². The van der Waals surface area contributed by atoms with E-state index in [1.807, 2.05) is 0 Å². The predicted molar refractivity (Wildman–Crippen MR) is 409 cm³/mol. The second kappa shape index (κ2) is 42.0. The summed E-state index contributed by atoms with van der Waals surface area (Å²) in [6.45, 7) is 15.8. The van der Waals surface area contributed by atoms with E-state index in [-0.39, 0.29) is 99.0 Å². The van der Waals surface area contributed by atoms with E-state index >= 15 is 0 Å². The smallest absolute Gasteiger partial charge is 0.425 e. The van der Waals surface area contributed by atoms with Crippen LogP contribution in [0.15, 0.2) is 122 Å². The van der Waals surface area contributed by atoms with Crippen molar-refractivity contribution in [2.45, 2.75) is 170 Å². The van der Waals surface area contributed by atoms with Gasteiger partial charge >= 0.3 is 47.9 Å². The summed E-state index contributed by atoms with van der Waals surface area (Å²) in [4.78, 5) is 13.3. The van der Waals surface area contributed by atoms with Crippen LogP contribution in [0.3, 0.4) is 0 Å². The van der Waals surface area contributed by atoms with Crippen LogP contribution in [-0.2, 0) is 37.4 Å². The van der Waals surface area contributed by atoms with Gasteiger partial charge in [0.25, 0.3) is 0 Å². The van der Waals surface area contributed by atoms with Crippen LogP contribution in [0.1, 0.15) is 116 Å². The summed E-state index contributed by atoms with van der Waals surface area (Å²) in [6.07, 6.45) is -25.0. The number of nitrogens with zero attached hydrogens (tertiary/aromatic N) is 16. The van der Waals surface area contributed by atoms with E-state index in [1.165, 1.54) is 149 Å². The predicted octanol–water partition coefficient (Wildman–Crippen LogP) is 20.9. The number of alkyl halides is 21. The van der Waals surface area contributed by atoms with E-state index in [1.54, 1.807) is 34.6 Å². The summed E-state index contributed by atoms with van der Waals surface area (Å²) in [6, 6.07) is 17.2. The first kappa shape index (κ1) is 102. The number of aliphatic hydroxyl groups excluding tert-OH is 1. The summed E-state index contributed by atoms with van der Waals surface area (Å²) in [5.41, 5.74) is 6.00. The number of hydrogen-bond donors (Lipinski definition) is 1. The molecular formula is C75H80BrF21N16O8S. The summed E-state index contributed by atoms with van der Waals surface area (Å²) < 4.78 is 311. The minimum absolute atomic E-state index is 0. The lowest BCUT2D eigenvalue weighted by molar-refractivity contribution is -0.252. The zero-order valence-electron chi connectivity index (χ0n) is 64.9. The molecular weight excluding hydrogens is 1760 g/mol. The highest BCUT2D eigenvalue weighted by molar-refractivity contribution is 9.09. The van der Waals surface area contributed by atoms with E-state index < -0.39 is 95.6 Å². The monoisotopic (exact) mass is 1840 g/mol. The maximum atomic E-state index is 14.1. The average Bonchev–Trinajstić information content (AvgIpc) is 1.60. The van der Waals surface area contributed by atoms with Crippen molar-refractivity contribution in [3.8, 4) is 68.0 Å². The number of rotatable bonds is 22. The van der Waals surface area contributed by atoms with Gasteiger partial charge in [-0.25, -0.2) is 0 Å². The fourth-order valence-corrected chi connectivity index (χ4v) is 10.6. The fraction of sp³-hybridized carbons (Fsp3) is 0.413. The van der Waals surface area contributed by atoms with Crippen molar-refractivity contribution in [1.82, 2.24) is 78.3 Å². The highest BCUT2D eigenvalue weighted by Crippen LogP contribution is 2.39. The number of aryl methyl sites for hydroxylation is 4. The van der Waals surface area contributed by atoms with Crippen LogP contribution in [0.25, 0.3) is 67.6 Å². The van der Waals surface area contributed by atoms with Crippen molar-refractivity contribution in [3.05, 3.63) is 168 Å². The topological polar surface area (TPSA) is 257 Å². The molecule has 0 fully saturated rings. The molecule has 2 unspecified atom stereocenters. The number of aromatic nitrogens is 16. The molecule has 0 saturated carbocycles. The Balaban J connectivity index is 0.000000281. The summed E-state index contributed by atoms with van der Waals surface area (Å²) >= 11 is 2.50. The molecule has 0 aliphatic carbocycles. The molecule has 12 aromatic rings. The maximum absolute atomic E-state index is 14.1. The SMILES string of the molecule is C.C.CCO.CCOC(F)(F)c1nnc2cnc(-c3ccc(OC(C)C(F)(F)F)cc3C)cn12.CCOC(F)(F)c1nnc2cnc(-c3ccc(O[C@@H](C)C(F)(F)F)cc3C)cn12.CCOC(F)(F)c1nnc2cnc(-c3ccc(O[C@H](C)C(F)(F)F)cc3C)cn12.CSF.Cc1cc(OC(C)C(F)(F)F)ccc1-c1cn2c(C(F)(F)Br)nnc2cn1. The second-order valence-electron chi connectivity index (χ2n) is 25.0. The standard InChI is InChI=1S/3C18H17F5N4O2.C16H12BrF5N4O.C2H6O.CH3FS.2CH4/c3*1-4-28-18(22,23)16-26-25-15-8-24-14(9-27(15)16)13-6-5-12(7-10(13)2)29-11(3)17(19,20)21;1-8-5-10(27-9(2)16(20,21)22)3-4-11(8)12-7-26-13(6-23-12)24-25-14(26)15(17,18)19;1-2-3;1-3-2;;/h3*5-9,11H,4H2,1-3H3;3-7,9H,1-2H3;3H,2H2,1H3;1H3;2*1H4/t2*11-;;;;;;/m10....../s1. The van der Waals surface area contributed by atoms with Crippen molar-refractivity contribution < 1.29 is 130 Å². The number of hydrogen-bond acceptors (Lipinski definition) is 21. The number of ether oxygens (including phenoxy) is 7. The van der Waals surface area contributed by atoms with Gasteiger partial charge in [-0.3, -0.25) is 37.5 Å². The second-order valence-corrected chi connectivity index (χ2v) is 26.3. The first-order chi connectivity index (χ1) is 55.9. The Morgan fingerprint density at radius 1 is 0.361 bits per heavy atom. The van der Waals surface area contributed by atoms with Crippen LogP contribution < -0.4 is 18.9 Å². The average molecular weight is 1840 g/mol. The fourth-order valence-electron chi connectivity index (χ4n) is 10.4. The zero-order valence-corrected chi connectivity index (χ0v) is 67.3. The Kier molecular flexibility index (Phi) is 35.2. The van der Waals surface area contributed by atoms with Gasteiger partial charge < -0.3 is 38.3 Å². The molecule has 12 rings (SSSR count). The molecule has 1 N–H and O–H groups in total. The molecule has 122 heavy (non-hydrogen) atoms. The van der Waals surface area contributed by atoms with Crippen LogP contribution in [-0.4, -0.2) is 165 Å². The Morgan fingerprint density at radius 3 is 0.721 bits per heavy atom. The van der Waals surface area contributed by atoms with Gasteiger partial charge in [0.15, 0.2) is 47.0 Å². The van der Waals surface area contributed by atoms with Crippen molar-refractivity contribution in [3.63, 3.8) is 0 Å². The van der Waals surface area contributed by atoms with E-state index in [0.717, 1.165) is 45.3 Å². The van der Waals surface area contributed by atoms with Gasteiger partial charge in [0.1, 0.15) is 23.0 Å². The van der Waals surface area contributed by atoms with Crippen molar-refractivity contribution >= 4 is 50.7 Å². The third kappa shape index (κ3) is 26.3. The maximum Gasteiger partial charge on any atom is 0.425 e. The van der Waals surface area contributed by atoms with E-state index in [2.05, 4.69) is 90.9 Å². The molecule has 0 amide bonds. The number of aliphatic hydroxyl groups is 1. The molecule has 0 radical (unpaired) electrons. The minimum Gasteiger partial charge on any atom is -0.481 e. The van der Waals surface area contributed by atoms with E-state index in [4.69, 9.17) is 24.1 Å². The van der Waals surface area contributed by atoms with Gasteiger partial charge in [-0.2, -0.15) is 91.7 Å². The van der Waals surface area contributed by atoms with Crippen LogP contribution in [0.5, 0.6) is 23.0 Å². The zero-order chi connectivity index (χ0) is 89.6. The van der Waals surface area contributed by atoms with E-state index in [0.29, 0.717) is 67.3 Å². The molecule has 4 atom stereocenters. The highest BCUT2D eigenvalue weighted by atomic mass is 79.9. The Morgan fingerprint density at radius 2 is 0.549 bits per heavy atom. The lowest BCUT2D eigenvalue weighted by atomic mass is 10.1. The summed E-state index contributed by atoms with van der Waals surface area (Å²) in [7, 11) is 0. The van der Waals surface area contributed by atoms with Gasteiger partial charge in [0.05, 0.1) is 67.4 Å². The molecule has 8 aromatic heterocycles. The quantitative estimate of drug-likeness (QED) is 0.0488. The van der Waals surface area contributed by atoms with Gasteiger partial charge in [0.2, 0.25) is 23.3 Å². The van der Waals surface area contributed by atoms with Crippen molar-refractivity contribution in [1.29, 1.82) is 0 Å². The van der Waals surface area contributed by atoms with Crippen LogP contribution in [0, 0.1) is 27.7 Å². The lowest BCUT2D eigenvalue weighted by Gasteiger charge is -2.18. The first-order valence-corrected chi connectivity index (χ1v) is 36.9. The van der Waals surface area contributed by atoms with Crippen molar-refractivity contribution in [2.75, 3.05) is 32.7 Å². The normalized spacial score (nSPS) is 13.1. The summed E-state index contributed by atoms with van der Waals surface area (Å²) in [5, 5.41) is 36.1. The number of fused-ring (bicyclic) bond motifs is 4. The van der Waals surface area contributed by atoms with Crippen LogP contribution in [0.4, 0.5) is 91.7 Å². The Labute approximate surface area is 695 Å². The van der Waals surface area contributed by atoms with Crippen LogP contribution >= 0.6 is 28.1 Å². The third-order valence-corrected chi connectivity index (χ3v) is 16.5. The van der Waals surface area contributed by atoms with Crippen LogP contribution in [0.2, 0.25) is 0 Å². The third-order valence-electron chi connectivity index (χ3n) is 16.2. The van der Waals surface area contributed by atoms with Gasteiger partial charge in [-0.05, 0) is 194 Å². The molecule has 0 aliphatic rings. The molecule has 0 aliphatic heterocycles. The van der Waals surface area contributed by atoms with Gasteiger partial charge in [-0.1, -0.05) is 14.9 Å². The molecule has 8 heterocycles. The highest BCUT2D eigenvalue weighted by Gasteiger charge is 2.44. The van der Waals surface area contributed by atoms with Crippen molar-refractivity contribution in [2.24, 2.45) is 0 Å². The lowest BCUT2D eigenvalue weighted by Crippen LogP contribution is -2.31. The number of benzene rings is 4. The minimum atomic E-state index is -4.49. The number of halogens is 22. The molecule has 668 valence electrons.